The zero-order valence-corrected chi connectivity index (χ0v) is 11.3. The van der Waals surface area contributed by atoms with Crippen LogP contribution in [0.5, 0.6) is 0 Å². The van der Waals surface area contributed by atoms with Crippen LogP contribution in [0.3, 0.4) is 0 Å². The highest BCUT2D eigenvalue weighted by molar-refractivity contribution is 6.33. The fourth-order valence-electron chi connectivity index (χ4n) is 2.10. The Hall–Kier alpha value is -1.31. The average Bonchev–Trinajstić information content (AvgIpc) is 2.40. The molecule has 0 saturated carbocycles. The maximum atomic E-state index is 6.19. The number of halogens is 1. The third-order valence-electron chi connectivity index (χ3n) is 3.26. The third-order valence-corrected chi connectivity index (χ3v) is 3.59. The zero-order chi connectivity index (χ0) is 13.0. The van der Waals surface area contributed by atoms with E-state index in [1.54, 1.807) is 0 Å². The van der Waals surface area contributed by atoms with Crippen LogP contribution in [0.2, 0.25) is 5.02 Å². The minimum absolute atomic E-state index is 0.510. The van der Waals surface area contributed by atoms with Gasteiger partial charge in [-0.2, -0.15) is 0 Å². The van der Waals surface area contributed by atoms with Gasteiger partial charge >= 0.3 is 0 Å². The van der Waals surface area contributed by atoms with E-state index in [4.69, 9.17) is 17.3 Å². The van der Waals surface area contributed by atoms with Gasteiger partial charge in [0.2, 0.25) is 0 Å². The molecule has 0 amide bonds. The van der Waals surface area contributed by atoms with Gasteiger partial charge in [0, 0.05) is 10.6 Å². The van der Waals surface area contributed by atoms with Crippen molar-refractivity contribution >= 4 is 11.6 Å². The molecule has 0 aliphatic rings. The first kappa shape index (κ1) is 13.1. The smallest absolute Gasteiger partial charge is 0.0484 e. The molecular formula is C16H18ClN. The molecule has 18 heavy (non-hydrogen) atoms. The van der Waals surface area contributed by atoms with Crippen molar-refractivity contribution < 1.29 is 0 Å². The van der Waals surface area contributed by atoms with Crippen molar-refractivity contribution in [1.82, 2.24) is 0 Å². The maximum Gasteiger partial charge on any atom is 0.0484 e. The molecule has 2 N–H and O–H groups in total. The first-order valence-electron chi connectivity index (χ1n) is 6.27. The summed E-state index contributed by atoms with van der Waals surface area (Å²) in [5, 5.41) is 0.792. The van der Waals surface area contributed by atoms with Crippen molar-refractivity contribution in [2.45, 2.75) is 19.3 Å². The highest BCUT2D eigenvalue weighted by atomic mass is 35.5. The number of hydrogen-bond acceptors (Lipinski definition) is 1. The number of rotatable bonds is 4. The second-order valence-corrected chi connectivity index (χ2v) is 4.99. The van der Waals surface area contributed by atoms with Gasteiger partial charge in [-0.15, -0.1) is 0 Å². The third kappa shape index (κ3) is 2.92. The van der Waals surface area contributed by atoms with E-state index in [0.717, 1.165) is 29.1 Å². The molecule has 1 atom stereocenters. The van der Waals surface area contributed by atoms with E-state index >= 15 is 0 Å². The maximum absolute atomic E-state index is 6.19. The number of nitrogens with two attached hydrogens (primary N) is 1. The predicted octanol–water partition coefficient (Wildman–Crippen LogP) is 4.46. The lowest BCUT2D eigenvalue weighted by Crippen LogP contribution is -2.04. The molecule has 0 radical (unpaired) electrons. The summed E-state index contributed by atoms with van der Waals surface area (Å²) < 4.78 is 0. The Balaban J connectivity index is 2.25. The Morgan fingerprint density at radius 3 is 2.33 bits per heavy atom. The van der Waals surface area contributed by atoms with E-state index in [1.807, 2.05) is 24.3 Å². The van der Waals surface area contributed by atoms with Crippen LogP contribution < -0.4 is 5.73 Å². The highest BCUT2D eigenvalue weighted by Gasteiger charge is 2.06. The van der Waals surface area contributed by atoms with E-state index in [1.165, 1.54) is 5.56 Å². The lowest BCUT2D eigenvalue weighted by Gasteiger charge is -2.11. The van der Waals surface area contributed by atoms with Crippen LogP contribution >= 0.6 is 11.6 Å². The van der Waals surface area contributed by atoms with Crippen molar-refractivity contribution in [3.63, 3.8) is 0 Å². The Morgan fingerprint density at radius 2 is 1.72 bits per heavy atom. The molecule has 94 valence electrons. The van der Waals surface area contributed by atoms with Crippen LogP contribution in [0.1, 0.15) is 24.8 Å². The Kier molecular flexibility index (Phi) is 4.40. The molecule has 2 rings (SSSR count). The molecule has 0 heterocycles. The quantitative estimate of drug-likeness (QED) is 0.862. The molecule has 1 unspecified atom stereocenters. The van der Waals surface area contributed by atoms with Crippen LogP contribution in [-0.4, -0.2) is 6.54 Å². The Morgan fingerprint density at radius 1 is 1.06 bits per heavy atom. The summed E-state index contributed by atoms with van der Waals surface area (Å²) in [7, 11) is 0. The fraction of sp³-hybridized carbons (Fsp3) is 0.250. The van der Waals surface area contributed by atoms with Crippen molar-refractivity contribution in [2.75, 3.05) is 6.54 Å². The van der Waals surface area contributed by atoms with Crippen LogP contribution in [-0.2, 0) is 0 Å². The summed E-state index contributed by atoms with van der Waals surface area (Å²) >= 11 is 6.19. The van der Waals surface area contributed by atoms with Crippen LogP contribution in [0.25, 0.3) is 11.1 Å². The number of hydrogen-bond donors (Lipinski definition) is 1. The molecule has 2 aromatic carbocycles. The summed E-state index contributed by atoms with van der Waals surface area (Å²) in [6.07, 6.45) is 1.02. The largest absolute Gasteiger partial charge is 0.330 e. The van der Waals surface area contributed by atoms with Crippen molar-refractivity contribution in [2.24, 2.45) is 5.73 Å². The first-order chi connectivity index (χ1) is 8.72. The number of benzene rings is 2. The van der Waals surface area contributed by atoms with Gasteiger partial charge in [0.05, 0.1) is 0 Å². The van der Waals surface area contributed by atoms with Gasteiger partial charge in [0.15, 0.2) is 0 Å². The lowest BCUT2D eigenvalue weighted by atomic mass is 9.95. The molecule has 0 saturated heterocycles. The molecule has 2 heteroatoms. The molecule has 0 fully saturated rings. The highest BCUT2D eigenvalue weighted by Crippen LogP contribution is 2.29. The SMILES string of the molecule is CC(CCN)c1ccc(-c2ccccc2Cl)cc1. The monoisotopic (exact) mass is 259 g/mol. The van der Waals surface area contributed by atoms with Crippen molar-refractivity contribution in [1.29, 1.82) is 0 Å². The summed E-state index contributed by atoms with van der Waals surface area (Å²) in [6, 6.07) is 16.5. The summed E-state index contributed by atoms with van der Waals surface area (Å²) in [4.78, 5) is 0. The Bertz CT molecular complexity index is 505. The molecule has 1 nitrogen and oxygen atoms in total. The van der Waals surface area contributed by atoms with Gasteiger partial charge < -0.3 is 5.73 Å². The van der Waals surface area contributed by atoms with Crippen LogP contribution in [0.4, 0.5) is 0 Å². The fourth-order valence-corrected chi connectivity index (χ4v) is 2.35. The minimum atomic E-state index is 0.510. The summed E-state index contributed by atoms with van der Waals surface area (Å²) in [5.41, 5.74) is 9.16. The Labute approximate surface area is 114 Å². The van der Waals surface area contributed by atoms with Gasteiger partial charge in [-0.3, -0.25) is 0 Å². The van der Waals surface area contributed by atoms with E-state index in [0.29, 0.717) is 5.92 Å². The van der Waals surface area contributed by atoms with Gasteiger partial charge in [-0.05, 0) is 36.1 Å². The standard InChI is InChI=1S/C16H18ClN/c1-12(10-11-18)13-6-8-14(9-7-13)15-4-2-3-5-16(15)17/h2-9,12H,10-11,18H2,1H3. The molecule has 0 aromatic heterocycles. The molecular weight excluding hydrogens is 242 g/mol. The van der Waals surface area contributed by atoms with Crippen molar-refractivity contribution in [3.05, 3.63) is 59.1 Å². The van der Waals surface area contributed by atoms with Gasteiger partial charge in [0.25, 0.3) is 0 Å². The zero-order valence-electron chi connectivity index (χ0n) is 10.6. The van der Waals surface area contributed by atoms with E-state index in [-0.39, 0.29) is 0 Å². The average molecular weight is 260 g/mol. The molecule has 0 aliphatic heterocycles. The van der Waals surface area contributed by atoms with Gasteiger partial charge in [-0.25, -0.2) is 0 Å². The van der Waals surface area contributed by atoms with Gasteiger partial charge in [-0.1, -0.05) is 61.0 Å². The van der Waals surface area contributed by atoms with Crippen molar-refractivity contribution in [3.8, 4) is 11.1 Å². The van der Waals surface area contributed by atoms with Crippen LogP contribution in [0, 0.1) is 0 Å². The normalized spacial score (nSPS) is 12.4. The minimum Gasteiger partial charge on any atom is -0.330 e. The molecule has 0 bridgehead atoms. The summed E-state index contributed by atoms with van der Waals surface area (Å²) in [5.74, 6) is 0.510. The molecule has 0 spiro atoms. The predicted molar refractivity (Wildman–Crippen MR) is 79.0 cm³/mol. The first-order valence-corrected chi connectivity index (χ1v) is 6.65. The van der Waals surface area contributed by atoms with E-state index in [2.05, 4.69) is 31.2 Å². The van der Waals surface area contributed by atoms with E-state index in [9.17, 15) is 0 Å². The van der Waals surface area contributed by atoms with E-state index < -0.39 is 0 Å². The molecule has 0 aliphatic carbocycles. The second kappa shape index (κ2) is 6.03. The topological polar surface area (TPSA) is 26.0 Å². The lowest BCUT2D eigenvalue weighted by molar-refractivity contribution is 0.690. The molecule has 2 aromatic rings. The second-order valence-electron chi connectivity index (χ2n) is 4.58. The summed E-state index contributed by atoms with van der Waals surface area (Å²) in [6.45, 7) is 2.94. The van der Waals surface area contributed by atoms with Crippen LogP contribution in [0.15, 0.2) is 48.5 Å². The van der Waals surface area contributed by atoms with Gasteiger partial charge in [0.1, 0.15) is 0 Å².